The van der Waals surface area contributed by atoms with Gasteiger partial charge in [-0.1, -0.05) is 17.7 Å². The van der Waals surface area contributed by atoms with Crippen LogP contribution in [0.25, 0.3) is 0 Å². The van der Waals surface area contributed by atoms with Gasteiger partial charge in [-0.15, -0.1) is 0 Å². The highest BCUT2D eigenvalue weighted by atomic mass is 35.5. The Balaban J connectivity index is 1.65. The van der Waals surface area contributed by atoms with Gasteiger partial charge in [0, 0.05) is 64.4 Å². The first kappa shape index (κ1) is 19.5. The van der Waals surface area contributed by atoms with Gasteiger partial charge in [-0.25, -0.2) is 4.98 Å². The molecule has 0 unspecified atom stereocenters. The Morgan fingerprint density at radius 1 is 1.41 bits per heavy atom. The number of ether oxygens (including phenoxy) is 1. The third kappa shape index (κ3) is 4.93. The minimum absolute atomic E-state index is 0.658. The fourth-order valence-electron chi connectivity index (χ4n) is 3.23. The van der Waals surface area contributed by atoms with Crippen LogP contribution in [0.1, 0.15) is 11.3 Å². The molecule has 3 heterocycles. The summed E-state index contributed by atoms with van der Waals surface area (Å²) in [5.74, 6) is 1.84. The molecule has 1 saturated heterocycles. The summed E-state index contributed by atoms with van der Waals surface area (Å²) < 4.78 is 7.49. The van der Waals surface area contributed by atoms with Gasteiger partial charge in [-0.3, -0.25) is 4.99 Å². The second kappa shape index (κ2) is 9.10. The maximum atomic E-state index is 6.09. The molecule has 0 bridgehead atoms. The van der Waals surface area contributed by atoms with E-state index in [-0.39, 0.29) is 0 Å². The first-order valence-electron chi connectivity index (χ1n) is 9.07. The molecule has 1 fully saturated rings. The van der Waals surface area contributed by atoms with Crippen LogP contribution in [0.15, 0.2) is 35.6 Å². The van der Waals surface area contributed by atoms with Gasteiger partial charge in [0.25, 0.3) is 0 Å². The highest BCUT2D eigenvalue weighted by Gasteiger charge is 2.16. The highest BCUT2D eigenvalue weighted by molar-refractivity contribution is 6.30. The molecular formula is C19H27ClN6O. The third-order valence-corrected chi connectivity index (χ3v) is 4.87. The Morgan fingerprint density at radius 3 is 2.85 bits per heavy atom. The molecule has 0 amide bonds. The van der Waals surface area contributed by atoms with Crippen molar-refractivity contribution in [1.29, 1.82) is 0 Å². The Hall–Kier alpha value is -2.25. The van der Waals surface area contributed by atoms with Crippen LogP contribution in [0.3, 0.4) is 0 Å². The topological polar surface area (TPSA) is 57.9 Å². The molecule has 0 spiro atoms. The Bertz CT molecular complexity index is 784. The molecule has 1 N–H and O–H groups in total. The van der Waals surface area contributed by atoms with Crippen LogP contribution in [0.5, 0.6) is 0 Å². The fourth-order valence-corrected chi connectivity index (χ4v) is 3.50. The van der Waals surface area contributed by atoms with E-state index in [0.29, 0.717) is 13.1 Å². The van der Waals surface area contributed by atoms with Crippen LogP contribution >= 0.6 is 11.6 Å². The number of aliphatic imine (C=N–C) groups is 1. The lowest BCUT2D eigenvalue weighted by atomic mass is 10.2. The van der Waals surface area contributed by atoms with E-state index in [9.17, 15) is 0 Å². The lowest BCUT2D eigenvalue weighted by Crippen LogP contribution is -2.40. The summed E-state index contributed by atoms with van der Waals surface area (Å²) in [4.78, 5) is 13.4. The summed E-state index contributed by atoms with van der Waals surface area (Å²) >= 11 is 6.09. The zero-order valence-electron chi connectivity index (χ0n) is 16.2. The second-order valence-corrected chi connectivity index (χ2v) is 7.04. The normalized spacial score (nSPS) is 15.1. The van der Waals surface area contributed by atoms with Gasteiger partial charge in [0.05, 0.1) is 24.8 Å². The Morgan fingerprint density at radius 2 is 2.19 bits per heavy atom. The number of pyridine rings is 1. The SMILES string of the molecule is CN=C(NCc1cccnc1N1CCOCC1)N(C)Cc1cc(Cl)cn1C. The molecule has 27 heavy (non-hydrogen) atoms. The molecule has 1 aliphatic heterocycles. The van der Waals surface area contributed by atoms with Crippen molar-refractivity contribution in [3.05, 3.63) is 46.9 Å². The van der Waals surface area contributed by atoms with Gasteiger partial charge >= 0.3 is 0 Å². The van der Waals surface area contributed by atoms with Crippen molar-refractivity contribution in [3.8, 4) is 0 Å². The summed E-state index contributed by atoms with van der Waals surface area (Å²) in [5, 5.41) is 4.19. The van der Waals surface area contributed by atoms with Gasteiger partial charge in [0.2, 0.25) is 0 Å². The molecule has 2 aromatic rings. The van der Waals surface area contributed by atoms with Crippen LogP contribution < -0.4 is 10.2 Å². The van der Waals surface area contributed by atoms with Crippen LogP contribution in [-0.4, -0.2) is 60.8 Å². The molecule has 1 aliphatic rings. The first-order chi connectivity index (χ1) is 13.1. The van der Waals surface area contributed by atoms with Crippen LogP contribution in [0, 0.1) is 0 Å². The molecule has 0 aliphatic carbocycles. The predicted octanol–water partition coefficient (Wildman–Crippen LogP) is 2.12. The van der Waals surface area contributed by atoms with Gasteiger partial charge < -0.3 is 24.4 Å². The van der Waals surface area contributed by atoms with Crippen molar-refractivity contribution >= 4 is 23.4 Å². The second-order valence-electron chi connectivity index (χ2n) is 6.60. The van der Waals surface area contributed by atoms with E-state index in [2.05, 4.69) is 31.2 Å². The number of rotatable bonds is 5. The van der Waals surface area contributed by atoms with Crippen molar-refractivity contribution in [2.75, 3.05) is 45.3 Å². The van der Waals surface area contributed by atoms with Crippen molar-refractivity contribution in [2.24, 2.45) is 12.0 Å². The zero-order valence-corrected chi connectivity index (χ0v) is 16.9. The average Bonchev–Trinajstić information content (AvgIpc) is 3.00. The summed E-state index contributed by atoms with van der Waals surface area (Å²) in [6, 6.07) is 6.05. The molecule has 0 aromatic carbocycles. The molecule has 3 rings (SSSR count). The smallest absolute Gasteiger partial charge is 0.194 e. The van der Waals surface area contributed by atoms with Crippen molar-refractivity contribution < 1.29 is 4.74 Å². The predicted molar refractivity (Wildman–Crippen MR) is 109 cm³/mol. The van der Waals surface area contributed by atoms with E-state index in [1.54, 1.807) is 7.05 Å². The number of halogens is 1. The van der Waals surface area contributed by atoms with E-state index in [4.69, 9.17) is 16.3 Å². The van der Waals surface area contributed by atoms with E-state index in [0.717, 1.165) is 54.4 Å². The summed E-state index contributed by atoms with van der Waals surface area (Å²) in [6.07, 6.45) is 3.75. The molecular weight excluding hydrogens is 364 g/mol. The molecule has 2 aromatic heterocycles. The first-order valence-corrected chi connectivity index (χ1v) is 9.45. The summed E-state index contributed by atoms with van der Waals surface area (Å²) in [6.45, 7) is 4.59. The summed E-state index contributed by atoms with van der Waals surface area (Å²) in [7, 11) is 5.81. The maximum absolute atomic E-state index is 6.09. The Kier molecular flexibility index (Phi) is 6.58. The monoisotopic (exact) mass is 390 g/mol. The van der Waals surface area contributed by atoms with Gasteiger partial charge in [-0.05, 0) is 12.1 Å². The number of hydrogen-bond acceptors (Lipinski definition) is 4. The number of morpholine rings is 1. The lowest BCUT2D eigenvalue weighted by molar-refractivity contribution is 0.122. The molecule has 146 valence electrons. The molecule has 0 radical (unpaired) electrons. The minimum Gasteiger partial charge on any atom is -0.378 e. The zero-order chi connectivity index (χ0) is 19.2. The third-order valence-electron chi connectivity index (χ3n) is 4.66. The molecule has 8 heteroatoms. The molecule has 0 saturated carbocycles. The maximum Gasteiger partial charge on any atom is 0.194 e. The lowest BCUT2D eigenvalue weighted by Gasteiger charge is -2.30. The largest absolute Gasteiger partial charge is 0.378 e. The van der Waals surface area contributed by atoms with Crippen molar-refractivity contribution in [3.63, 3.8) is 0 Å². The quantitative estimate of drug-likeness (QED) is 0.626. The highest BCUT2D eigenvalue weighted by Crippen LogP contribution is 2.18. The van der Waals surface area contributed by atoms with E-state index < -0.39 is 0 Å². The van der Waals surface area contributed by atoms with E-state index in [1.165, 1.54) is 0 Å². The number of guanidine groups is 1. The summed E-state index contributed by atoms with van der Waals surface area (Å²) in [5.41, 5.74) is 2.27. The Labute approximate surface area is 165 Å². The fraction of sp³-hybridized carbons (Fsp3) is 0.474. The number of aryl methyl sites for hydroxylation is 1. The number of anilines is 1. The standard InChI is InChI=1S/C19H27ClN6O/c1-21-19(25(3)14-17-11-16(20)13-24(17)2)23-12-15-5-4-6-22-18(15)26-7-9-27-10-8-26/h4-6,11,13H,7-10,12,14H2,1-3H3,(H,21,23). The van der Waals surface area contributed by atoms with Crippen molar-refractivity contribution in [2.45, 2.75) is 13.1 Å². The average molecular weight is 391 g/mol. The minimum atomic E-state index is 0.658. The number of nitrogens with one attached hydrogen (secondary N) is 1. The van der Waals surface area contributed by atoms with Crippen LogP contribution in [0.2, 0.25) is 5.02 Å². The van der Waals surface area contributed by atoms with Crippen LogP contribution in [0.4, 0.5) is 5.82 Å². The van der Waals surface area contributed by atoms with Gasteiger partial charge in [0.15, 0.2) is 5.96 Å². The number of aromatic nitrogens is 2. The van der Waals surface area contributed by atoms with Crippen molar-refractivity contribution in [1.82, 2.24) is 19.8 Å². The molecule has 0 atom stereocenters. The van der Waals surface area contributed by atoms with E-state index >= 15 is 0 Å². The number of hydrogen-bond donors (Lipinski definition) is 1. The van der Waals surface area contributed by atoms with E-state index in [1.807, 2.05) is 43.2 Å². The van der Waals surface area contributed by atoms with Gasteiger partial charge in [-0.2, -0.15) is 0 Å². The number of nitrogens with zero attached hydrogens (tertiary/aromatic N) is 5. The van der Waals surface area contributed by atoms with Gasteiger partial charge in [0.1, 0.15) is 5.82 Å². The van der Waals surface area contributed by atoms with Crippen LogP contribution in [-0.2, 0) is 24.9 Å². The molecule has 7 nitrogen and oxygen atoms in total.